The highest BCUT2D eigenvalue weighted by atomic mass is 16.1. The molecule has 3 nitrogen and oxygen atoms in total. The van der Waals surface area contributed by atoms with Gasteiger partial charge >= 0.3 is 0 Å². The van der Waals surface area contributed by atoms with Crippen molar-refractivity contribution in [2.24, 2.45) is 11.7 Å². The van der Waals surface area contributed by atoms with E-state index in [4.69, 9.17) is 5.73 Å². The summed E-state index contributed by atoms with van der Waals surface area (Å²) < 4.78 is 0. The van der Waals surface area contributed by atoms with Crippen molar-refractivity contribution in [3.63, 3.8) is 0 Å². The van der Waals surface area contributed by atoms with Gasteiger partial charge in [-0.05, 0) is 37.5 Å². The molecule has 16 heavy (non-hydrogen) atoms. The highest BCUT2D eigenvalue weighted by Gasteiger charge is 2.25. The number of amides is 1. The third-order valence-corrected chi connectivity index (χ3v) is 3.16. The topological polar surface area (TPSA) is 55.1 Å². The predicted octanol–water partition coefficient (Wildman–Crippen LogP) is 2.44. The summed E-state index contributed by atoms with van der Waals surface area (Å²) in [5, 5.41) is 2.94. The summed E-state index contributed by atoms with van der Waals surface area (Å²) in [5.74, 6) is 0.368. The lowest BCUT2D eigenvalue weighted by molar-refractivity contribution is -0.122. The normalized spacial score (nSPS) is 17.6. The van der Waals surface area contributed by atoms with Gasteiger partial charge in [-0.3, -0.25) is 4.79 Å². The molecule has 1 amide bonds. The van der Waals surface area contributed by atoms with E-state index in [-0.39, 0.29) is 17.9 Å². The minimum Gasteiger partial charge on any atom is -0.326 e. The zero-order chi connectivity index (χ0) is 11.5. The largest absolute Gasteiger partial charge is 0.326 e. The van der Waals surface area contributed by atoms with Gasteiger partial charge in [0, 0.05) is 17.6 Å². The van der Waals surface area contributed by atoms with Crippen LogP contribution in [0.2, 0.25) is 0 Å². The standard InChI is InChI=1S/C13H18N2O/c1-9(14)11-6-3-7-12(8-11)15-13(16)10-4-2-5-10/h3,6-10H,2,4-5,14H2,1H3,(H,15,16). The second kappa shape index (κ2) is 4.66. The molecule has 0 bridgehead atoms. The molecule has 1 aromatic rings. The number of carbonyl (C=O) groups excluding carboxylic acids is 1. The highest BCUT2D eigenvalue weighted by Crippen LogP contribution is 2.27. The maximum Gasteiger partial charge on any atom is 0.227 e. The molecule has 0 aliphatic heterocycles. The SMILES string of the molecule is CC(N)c1cccc(NC(=O)C2CCC2)c1. The Balaban J connectivity index is 2.03. The number of nitrogens with two attached hydrogens (primary N) is 1. The Kier molecular flexibility index (Phi) is 3.25. The van der Waals surface area contributed by atoms with Crippen LogP contribution in [0.4, 0.5) is 5.69 Å². The first kappa shape index (κ1) is 11.1. The first-order chi connectivity index (χ1) is 7.66. The molecule has 0 heterocycles. The summed E-state index contributed by atoms with van der Waals surface area (Å²) in [6, 6.07) is 7.75. The Labute approximate surface area is 96.0 Å². The van der Waals surface area contributed by atoms with Gasteiger partial charge in [-0.1, -0.05) is 18.6 Å². The van der Waals surface area contributed by atoms with Crippen LogP contribution in [0.3, 0.4) is 0 Å². The van der Waals surface area contributed by atoms with E-state index >= 15 is 0 Å². The van der Waals surface area contributed by atoms with E-state index in [0.29, 0.717) is 0 Å². The maximum atomic E-state index is 11.7. The molecule has 1 aliphatic carbocycles. The average Bonchev–Trinajstić information content (AvgIpc) is 2.15. The molecule has 3 heteroatoms. The molecule has 1 saturated carbocycles. The summed E-state index contributed by atoms with van der Waals surface area (Å²) in [6.45, 7) is 1.94. The number of rotatable bonds is 3. The van der Waals surface area contributed by atoms with E-state index in [0.717, 1.165) is 24.1 Å². The van der Waals surface area contributed by atoms with Crippen molar-refractivity contribution in [1.82, 2.24) is 0 Å². The van der Waals surface area contributed by atoms with Gasteiger partial charge in [-0.2, -0.15) is 0 Å². The summed E-state index contributed by atoms with van der Waals surface area (Å²) >= 11 is 0. The number of nitrogens with one attached hydrogen (secondary N) is 1. The van der Waals surface area contributed by atoms with Gasteiger partial charge in [0.1, 0.15) is 0 Å². The van der Waals surface area contributed by atoms with E-state index in [1.54, 1.807) is 0 Å². The smallest absolute Gasteiger partial charge is 0.227 e. The van der Waals surface area contributed by atoms with Crippen molar-refractivity contribution in [2.75, 3.05) is 5.32 Å². The number of anilines is 1. The molecule has 0 aromatic heterocycles. The lowest BCUT2D eigenvalue weighted by Crippen LogP contribution is -2.28. The van der Waals surface area contributed by atoms with Gasteiger partial charge in [0.15, 0.2) is 0 Å². The summed E-state index contributed by atoms with van der Waals surface area (Å²) in [7, 11) is 0. The van der Waals surface area contributed by atoms with E-state index in [2.05, 4.69) is 5.32 Å². The van der Waals surface area contributed by atoms with E-state index in [9.17, 15) is 4.79 Å². The van der Waals surface area contributed by atoms with Crippen LogP contribution in [0.25, 0.3) is 0 Å². The van der Waals surface area contributed by atoms with E-state index in [1.165, 1.54) is 6.42 Å². The van der Waals surface area contributed by atoms with Gasteiger partial charge in [0.25, 0.3) is 0 Å². The van der Waals surface area contributed by atoms with Crippen molar-refractivity contribution in [3.8, 4) is 0 Å². The second-order valence-corrected chi connectivity index (χ2v) is 4.53. The van der Waals surface area contributed by atoms with Gasteiger partial charge < -0.3 is 11.1 Å². The minimum atomic E-state index is 0.000514. The number of benzene rings is 1. The van der Waals surface area contributed by atoms with Gasteiger partial charge in [0.05, 0.1) is 0 Å². The van der Waals surface area contributed by atoms with Crippen molar-refractivity contribution in [3.05, 3.63) is 29.8 Å². The van der Waals surface area contributed by atoms with Crippen molar-refractivity contribution < 1.29 is 4.79 Å². The fraction of sp³-hybridized carbons (Fsp3) is 0.462. The van der Waals surface area contributed by atoms with Crippen molar-refractivity contribution in [1.29, 1.82) is 0 Å². The molecule has 1 unspecified atom stereocenters. The Bertz CT molecular complexity index is 383. The average molecular weight is 218 g/mol. The number of hydrogen-bond donors (Lipinski definition) is 2. The molecule has 0 spiro atoms. The van der Waals surface area contributed by atoms with Gasteiger partial charge in [0.2, 0.25) is 5.91 Å². The fourth-order valence-electron chi connectivity index (χ4n) is 1.81. The molecule has 86 valence electrons. The van der Waals surface area contributed by atoms with Gasteiger partial charge in [-0.25, -0.2) is 0 Å². The van der Waals surface area contributed by atoms with Crippen LogP contribution in [0.15, 0.2) is 24.3 Å². The lowest BCUT2D eigenvalue weighted by Gasteiger charge is -2.24. The number of hydrogen-bond acceptors (Lipinski definition) is 2. The zero-order valence-corrected chi connectivity index (χ0v) is 9.57. The number of carbonyl (C=O) groups is 1. The third kappa shape index (κ3) is 2.42. The zero-order valence-electron chi connectivity index (χ0n) is 9.57. The highest BCUT2D eigenvalue weighted by molar-refractivity contribution is 5.93. The minimum absolute atomic E-state index is 0.000514. The molecule has 2 rings (SSSR count). The molecular formula is C13H18N2O. The van der Waals surface area contributed by atoms with Crippen LogP contribution in [0.5, 0.6) is 0 Å². The lowest BCUT2D eigenvalue weighted by atomic mass is 9.85. The Hall–Kier alpha value is -1.35. The first-order valence-electron chi connectivity index (χ1n) is 5.83. The molecule has 1 aliphatic rings. The molecule has 3 N–H and O–H groups in total. The predicted molar refractivity (Wildman–Crippen MR) is 65.0 cm³/mol. The van der Waals surface area contributed by atoms with Crippen LogP contribution in [-0.4, -0.2) is 5.91 Å². The van der Waals surface area contributed by atoms with Crippen LogP contribution in [-0.2, 0) is 4.79 Å². The van der Waals surface area contributed by atoms with E-state index < -0.39 is 0 Å². The molecule has 1 atom stereocenters. The Morgan fingerprint density at radius 1 is 1.50 bits per heavy atom. The quantitative estimate of drug-likeness (QED) is 0.818. The van der Waals surface area contributed by atoms with Crippen LogP contribution >= 0.6 is 0 Å². The summed E-state index contributed by atoms with van der Waals surface area (Å²) in [4.78, 5) is 11.7. The van der Waals surface area contributed by atoms with Crippen molar-refractivity contribution >= 4 is 11.6 Å². The first-order valence-corrected chi connectivity index (χ1v) is 5.83. The Morgan fingerprint density at radius 2 is 2.25 bits per heavy atom. The third-order valence-electron chi connectivity index (χ3n) is 3.16. The fourth-order valence-corrected chi connectivity index (χ4v) is 1.81. The summed E-state index contributed by atoms with van der Waals surface area (Å²) in [5.41, 5.74) is 7.70. The van der Waals surface area contributed by atoms with Gasteiger partial charge in [-0.15, -0.1) is 0 Å². The molecule has 1 aromatic carbocycles. The maximum absolute atomic E-state index is 11.7. The molecular weight excluding hydrogens is 200 g/mol. The molecule has 1 fully saturated rings. The second-order valence-electron chi connectivity index (χ2n) is 4.53. The molecule has 0 saturated heterocycles. The van der Waals surface area contributed by atoms with Crippen LogP contribution in [0, 0.1) is 5.92 Å². The molecule has 0 radical (unpaired) electrons. The summed E-state index contributed by atoms with van der Waals surface area (Å²) in [6.07, 6.45) is 3.23. The Morgan fingerprint density at radius 3 is 2.81 bits per heavy atom. The van der Waals surface area contributed by atoms with Crippen LogP contribution < -0.4 is 11.1 Å². The van der Waals surface area contributed by atoms with Crippen LogP contribution in [0.1, 0.15) is 37.8 Å². The monoisotopic (exact) mass is 218 g/mol. The van der Waals surface area contributed by atoms with Crippen molar-refractivity contribution in [2.45, 2.75) is 32.2 Å². The van der Waals surface area contributed by atoms with E-state index in [1.807, 2.05) is 31.2 Å².